The van der Waals surface area contributed by atoms with Gasteiger partial charge in [0.05, 0.1) is 6.04 Å². The molecule has 0 spiro atoms. The quantitative estimate of drug-likeness (QED) is 0.667. The van der Waals surface area contributed by atoms with Crippen molar-refractivity contribution in [3.8, 4) is 0 Å². The molecule has 3 rings (SSSR count). The average Bonchev–Trinajstić information content (AvgIpc) is 2.70. The minimum atomic E-state index is -1.18. The Morgan fingerprint density at radius 1 is 1.17 bits per heavy atom. The smallest absolute Gasteiger partial charge is 0.327 e. The normalized spacial score (nSPS) is 24.5. The molecule has 0 saturated carbocycles. The van der Waals surface area contributed by atoms with Crippen LogP contribution < -0.4 is 5.32 Å². The number of hydrogen-bond donors (Lipinski definition) is 3. The number of carboxylic acid groups (broad SMARTS) is 1. The zero-order valence-corrected chi connectivity index (χ0v) is 17.1. The Morgan fingerprint density at radius 3 is 2.38 bits per heavy atom. The van der Waals surface area contributed by atoms with Gasteiger partial charge < -0.3 is 15.5 Å². The molecule has 1 aliphatic heterocycles. The Balaban J connectivity index is 1.69. The number of aliphatic carboxylic acids is 1. The maximum Gasteiger partial charge on any atom is 0.327 e. The lowest BCUT2D eigenvalue weighted by Gasteiger charge is -2.57. The van der Waals surface area contributed by atoms with E-state index in [-0.39, 0.29) is 6.04 Å². The standard InChI is InChI=1S/C22H25ClN2O4/c1-14(16-6-4-3-5-7-16)24-21(29)25-18(19(26)27)22(2,20(25)28)13-12-15-8-10-17(23)11-9-15/h3-11,14,18,20,28H,12-13H2,1-2H3,(H,24,29)(H,26,27)/t14-,18-,20?,22-/m1/s1. The molecule has 29 heavy (non-hydrogen) atoms. The molecule has 0 aromatic heterocycles. The van der Waals surface area contributed by atoms with Crippen LogP contribution in [0, 0.1) is 5.41 Å². The van der Waals surface area contributed by atoms with Gasteiger partial charge in [0.25, 0.3) is 0 Å². The summed E-state index contributed by atoms with van der Waals surface area (Å²) in [6.07, 6.45) is -0.186. The minimum Gasteiger partial charge on any atom is -0.480 e. The Bertz CT molecular complexity index is 874. The molecule has 2 aromatic carbocycles. The number of rotatable bonds is 6. The van der Waals surface area contributed by atoms with E-state index in [0.717, 1.165) is 16.0 Å². The highest BCUT2D eigenvalue weighted by Crippen LogP contribution is 2.46. The number of aryl methyl sites for hydroxylation is 1. The second-order valence-corrected chi connectivity index (χ2v) is 8.17. The fraction of sp³-hybridized carbons (Fsp3) is 0.364. The van der Waals surface area contributed by atoms with E-state index in [2.05, 4.69) is 5.32 Å². The van der Waals surface area contributed by atoms with E-state index in [1.165, 1.54) is 0 Å². The number of nitrogens with one attached hydrogen (secondary N) is 1. The number of carbonyl (C=O) groups is 2. The summed E-state index contributed by atoms with van der Waals surface area (Å²) in [5.74, 6) is -1.13. The van der Waals surface area contributed by atoms with Crippen molar-refractivity contribution >= 4 is 23.6 Å². The first-order valence-electron chi connectivity index (χ1n) is 9.53. The van der Waals surface area contributed by atoms with Crippen molar-refractivity contribution in [1.82, 2.24) is 10.2 Å². The van der Waals surface area contributed by atoms with Crippen LogP contribution in [0.15, 0.2) is 54.6 Å². The lowest BCUT2D eigenvalue weighted by atomic mass is 9.67. The highest BCUT2D eigenvalue weighted by molar-refractivity contribution is 6.30. The molecule has 1 unspecified atom stereocenters. The number of halogens is 1. The predicted molar refractivity (Wildman–Crippen MR) is 111 cm³/mol. The summed E-state index contributed by atoms with van der Waals surface area (Å²) in [6.45, 7) is 3.52. The molecule has 1 heterocycles. The monoisotopic (exact) mass is 416 g/mol. The number of urea groups is 1. The van der Waals surface area contributed by atoms with Gasteiger partial charge in [-0.05, 0) is 43.0 Å². The Labute approximate surface area is 175 Å². The molecule has 0 radical (unpaired) electrons. The number of carboxylic acids is 1. The maximum absolute atomic E-state index is 12.7. The number of aliphatic hydroxyl groups excluding tert-OH is 1. The van der Waals surface area contributed by atoms with Crippen LogP contribution >= 0.6 is 11.6 Å². The first-order chi connectivity index (χ1) is 13.7. The largest absolute Gasteiger partial charge is 0.480 e. The number of aliphatic hydroxyl groups is 1. The highest BCUT2D eigenvalue weighted by Gasteiger charge is 2.62. The Kier molecular flexibility index (Phi) is 6.15. The molecule has 0 aliphatic carbocycles. The molecule has 6 nitrogen and oxygen atoms in total. The summed E-state index contributed by atoms with van der Waals surface area (Å²) in [4.78, 5) is 25.6. The number of hydrogen-bond acceptors (Lipinski definition) is 3. The first-order valence-corrected chi connectivity index (χ1v) is 9.91. The van der Waals surface area contributed by atoms with Crippen LogP contribution in [0.25, 0.3) is 0 Å². The van der Waals surface area contributed by atoms with Crippen molar-refractivity contribution in [1.29, 1.82) is 0 Å². The third-order valence-corrected chi connectivity index (χ3v) is 5.98. The lowest BCUT2D eigenvalue weighted by molar-refractivity contribution is -0.217. The van der Waals surface area contributed by atoms with Gasteiger partial charge in [-0.3, -0.25) is 4.90 Å². The molecule has 7 heteroatoms. The fourth-order valence-electron chi connectivity index (χ4n) is 3.88. The number of nitrogens with zero attached hydrogens (tertiary/aromatic N) is 1. The molecule has 1 aliphatic rings. The van der Waals surface area contributed by atoms with E-state index >= 15 is 0 Å². The van der Waals surface area contributed by atoms with E-state index in [9.17, 15) is 19.8 Å². The van der Waals surface area contributed by atoms with Gasteiger partial charge >= 0.3 is 12.0 Å². The molecular formula is C22H25ClN2O4. The SMILES string of the molecule is C[C@@H](NC(=O)N1C(O)[C@](C)(CCc2ccc(Cl)cc2)[C@H]1C(=O)O)c1ccccc1. The Morgan fingerprint density at radius 2 is 1.79 bits per heavy atom. The molecule has 2 amide bonds. The number of benzene rings is 2. The van der Waals surface area contributed by atoms with Crippen molar-refractivity contribution < 1.29 is 19.8 Å². The van der Waals surface area contributed by atoms with E-state index in [1.54, 1.807) is 19.1 Å². The predicted octanol–water partition coefficient (Wildman–Crippen LogP) is 3.84. The molecule has 3 N–H and O–H groups in total. The molecule has 1 fully saturated rings. The van der Waals surface area contributed by atoms with Crippen molar-refractivity contribution in [2.45, 2.75) is 45.0 Å². The summed E-state index contributed by atoms with van der Waals surface area (Å²) in [5.41, 5.74) is 0.944. The Hall–Kier alpha value is -2.57. The van der Waals surface area contributed by atoms with E-state index in [1.807, 2.05) is 49.4 Å². The summed E-state index contributed by atoms with van der Waals surface area (Å²) in [7, 11) is 0. The van der Waals surface area contributed by atoms with Crippen LogP contribution in [-0.4, -0.2) is 39.4 Å². The zero-order valence-electron chi connectivity index (χ0n) is 16.4. The van der Waals surface area contributed by atoms with Crippen molar-refractivity contribution in [2.24, 2.45) is 5.41 Å². The molecule has 2 aromatic rings. The molecule has 154 valence electrons. The minimum absolute atomic E-state index is 0.314. The topological polar surface area (TPSA) is 89.9 Å². The van der Waals surface area contributed by atoms with Gasteiger partial charge in [0, 0.05) is 10.4 Å². The molecule has 1 saturated heterocycles. The summed E-state index contributed by atoms with van der Waals surface area (Å²) in [6, 6.07) is 14.6. The maximum atomic E-state index is 12.7. The molecule has 4 atom stereocenters. The van der Waals surface area contributed by atoms with Gasteiger partial charge in [0.15, 0.2) is 0 Å². The summed E-state index contributed by atoms with van der Waals surface area (Å²) in [5, 5.41) is 23.9. The summed E-state index contributed by atoms with van der Waals surface area (Å²) < 4.78 is 0. The third-order valence-electron chi connectivity index (χ3n) is 5.73. The van der Waals surface area contributed by atoms with Crippen molar-refractivity contribution in [3.05, 3.63) is 70.7 Å². The van der Waals surface area contributed by atoms with Crippen molar-refractivity contribution in [2.75, 3.05) is 0 Å². The van der Waals surface area contributed by atoms with Crippen molar-refractivity contribution in [3.63, 3.8) is 0 Å². The second kappa shape index (κ2) is 8.43. The highest BCUT2D eigenvalue weighted by atomic mass is 35.5. The fourth-order valence-corrected chi connectivity index (χ4v) is 4.01. The number of amides is 2. The van der Waals surface area contributed by atoms with Gasteiger partial charge in [0.2, 0.25) is 0 Å². The zero-order chi connectivity index (χ0) is 21.2. The number of likely N-dealkylation sites (tertiary alicyclic amines) is 1. The van der Waals surface area contributed by atoms with Crippen LogP contribution in [-0.2, 0) is 11.2 Å². The van der Waals surface area contributed by atoms with Gasteiger partial charge in [-0.15, -0.1) is 0 Å². The van der Waals surface area contributed by atoms with E-state index in [4.69, 9.17) is 11.6 Å². The van der Waals surface area contributed by atoms with Crippen LogP contribution in [0.4, 0.5) is 4.79 Å². The lowest BCUT2D eigenvalue weighted by Crippen LogP contribution is -2.75. The van der Waals surface area contributed by atoms with Gasteiger partial charge in [0.1, 0.15) is 12.3 Å². The van der Waals surface area contributed by atoms with Gasteiger partial charge in [-0.2, -0.15) is 0 Å². The average molecular weight is 417 g/mol. The second-order valence-electron chi connectivity index (χ2n) is 7.74. The first kappa shape index (κ1) is 21.1. The van der Waals surface area contributed by atoms with E-state index in [0.29, 0.717) is 17.9 Å². The van der Waals surface area contributed by atoms with Crippen LogP contribution in [0.1, 0.15) is 37.4 Å². The molecule has 0 bridgehead atoms. The van der Waals surface area contributed by atoms with Gasteiger partial charge in [-0.1, -0.05) is 61.0 Å². The van der Waals surface area contributed by atoms with E-state index < -0.39 is 29.7 Å². The third kappa shape index (κ3) is 4.23. The van der Waals surface area contributed by atoms with Crippen LogP contribution in [0.3, 0.4) is 0 Å². The van der Waals surface area contributed by atoms with Gasteiger partial charge in [-0.25, -0.2) is 9.59 Å². The number of carbonyl (C=O) groups excluding carboxylic acids is 1. The van der Waals surface area contributed by atoms with Crippen LogP contribution in [0.5, 0.6) is 0 Å². The van der Waals surface area contributed by atoms with Crippen LogP contribution in [0.2, 0.25) is 5.02 Å². The summed E-state index contributed by atoms with van der Waals surface area (Å²) >= 11 is 5.90. The molecular weight excluding hydrogens is 392 g/mol.